The lowest BCUT2D eigenvalue weighted by Gasteiger charge is -2.04. The molecule has 0 N–H and O–H groups in total. The second kappa shape index (κ2) is 8.43. The fourth-order valence-corrected chi connectivity index (χ4v) is 1.38. The molecule has 1 nitrogen and oxygen atoms in total. The highest BCUT2D eigenvalue weighted by Crippen LogP contribution is 2.18. The molecule has 0 aromatic rings. The lowest BCUT2D eigenvalue weighted by Crippen LogP contribution is -1.86. The topological polar surface area (TPSA) is 9.23 Å². The molecule has 0 aliphatic carbocycles. The summed E-state index contributed by atoms with van der Waals surface area (Å²) in [6, 6.07) is 0. The molecule has 0 aromatic carbocycles. The molecule has 2 heteroatoms. The van der Waals surface area contributed by atoms with Crippen molar-refractivity contribution >= 4 is 11.6 Å². The minimum Gasteiger partial charge on any atom is -0.500 e. The Balaban J connectivity index is 3.42. The summed E-state index contributed by atoms with van der Waals surface area (Å²) in [6.45, 7) is 4.14. The van der Waals surface area contributed by atoms with Gasteiger partial charge in [0.2, 0.25) is 0 Å². The van der Waals surface area contributed by atoms with Gasteiger partial charge in [0.1, 0.15) is 5.76 Å². The minimum atomic E-state index is 0.858. The number of methoxy groups -OCH3 is 1. The number of rotatable bonds is 7. The van der Waals surface area contributed by atoms with Gasteiger partial charge in [0.25, 0.3) is 0 Å². The van der Waals surface area contributed by atoms with E-state index >= 15 is 0 Å². The molecular weight excluding hydrogens is 184 g/mol. The summed E-state index contributed by atoms with van der Waals surface area (Å²) in [4.78, 5) is 0. The van der Waals surface area contributed by atoms with Crippen LogP contribution in [-0.4, -0.2) is 7.11 Å². The Hall–Kier alpha value is -0.170. The molecule has 13 heavy (non-hydrogen) atoms. The molecule has 0 heterocycles. The lowest BCUT2D eigenvalue weighted by atomic mass is 10.1. The van der Waals surface area contributed by atoms with Crippen molar-refractivity contribution in [3.8, 4) is 0 Å². The molecule has 0 amide bonds. The summed E-state index contributed by atoms with van der Waals surface area (Å²) in [5.41, 5.74) is 0. The van der Waals surface area contributed by atoms with Gasteiger partial charge in [-0.15, -0.1) is 0 Å². The van der Waals surface area contributed by atoms with E-state index in [2.05, 4.69) is 6.92 Å². The number of ether oxygens (including phenoxy) is 1. The smallest absolute Gasteiger partial charge is 0.107 e. The second-order valence-corrected chi connectivity index (χ2v) is 3.79. The third-order valence-electron chi connectivity index (χ3n) is 2.19. The zero-order valence-electron chi connectivity index (χ0n) is 9.03. The first kappa shape index (κ1) is 12.8. The van der Waals surface area contributed by atoms with Crippen LogP contribution in [-0.2, 0) is 4.74 Å². The molecule has 0 aromatic heterocycles. The Morgan fingerprint density at radius 1 is 1.15 bits per heavy atom. The molecule has 0 fully saturated rings. The van der Waals surface area contributed by atoms with Gasteiger partial charge in [0, 0.05) is 0 Å². The van der Waals surface area contributed by atoms with Crippen molar-refractivity contribution in [2.45, 2.75) is 52.4 Å². The molecule has 0 rings (SSSR count). The Morgan fingerprint density at radius 2 is 1.77 bits per heavy atom. The van der Waals surface area contributed by atoms with Crippen molar-refractivity contribution in [2.24, 2.45) is 0 Å². The first-order valence-corrected chi connectivity index (χ1v) is 5.49. The number of unbranched alkanes of at least 4 members (excludes halogenated alkanes) is 4. The van der Waals surface area contributed by atoms with E-state index in [0.717, 1.165) is 17.2 Å². The van der Waals surface area contributed by atoms with E-state index < -0.39 is 0 Å². The van der Waals surface area contributed by atoms with E-state index in [1.54, 1.807) is 7.11 Å². The van der Waals surface area contributed by atoms with Gasteiger partial charge >= 0.3 is 0 Å². The van der Waals surface area contributed by atoms with Crippen LogP contribution < -0.4 is 0 Å². The predicted octanol–water partition coefficient (Wildman–Crippen LogP) is 4.46. The Morgan fingerprint density at radius 3 is 2.31 bits per heavy atom. The molecule has 0 atom stereocenters. The van der Waals surface area contributed by atoms with Gasteiger partial charge in [-0.25, -0.2) is 0 Å². The Kier molecular flexibility index (Phi) is 8.32. The first-order chi connectivity index (χ1) is 6.22. The van der Waals surface area contributed by atoms with Crippen molar-refractivity contribution in [1.82, 2.24) is 0 Å². The van der Waals surface area contributed by atoms with Crippen molar-refractivity contribution in [3.63, 3.8) is 0 Å². The van der Waals surface area contributed by atoms with E-state index in [9.17, 15) is 0 Å². The Labute approximate surface area is 87.1 Å². The summed E-state index contributed by atoms with van der Waals surface area (Å²) in [5, 5.41) is 0.874. The van der Waals surface area contributed by atoms with Gasteiger partial charge in [0.05, 0.1) is 12.1 Å². The SMILES string of the molecule is CCCCCCC/C(Cl)=C(/C)OC. The van der Waals surface area contributed by atoms with E-state index in [-0.39, 0.29) is 0 Å². The van der Waals surface area contributed by atoms with Gasteiger partial charge in [-0.1, -0.05) is 44.2 Å². The zero-order chi connectivity index (χ0) is 10.1. The monoisotopic (exact) mass is 204 g/mol. The average Bonchev–Trinajstić information content (AvgIpc) is 2.16. The average molecular weight is 205 g/mol. The second-order valence-electron chi connectivity index (χ2n) is 3.33. The van der Waals surface area contributed by atoms with Crippen LogP contribution >= 0.6 is 11.6 Å². The summed E-state index contributed by atoms with van der Waals surface area (Å²) < 4.78 is 5.04. The molecule has 0 radical (unpaired) electrons. The van der Waals surface area contributed by atoms with Crippen LogP contribution in [0.15, 0.2) is 10.8 Å². The van der Waals surface area contributed by atoms with Gasteiger partial charge < -0.3 is 4.74 Å². The van der Waals surface area contributed by atoms with Crippen molar-refractivity contribution in [3.05, 3.63) is 10.8 Å². The molecular formula is C11H21ClO. The summed E-state index contributed by atoms with van der Waals surface area (Å²) in [7, 11) is 1.66. The van der Waals surface area contributed by atoms with E-state index in [1.165, 1.54) is 32.1 Å². The number of hydrogen-bond acceptors (Lipinski definition) is 1. The number of hydrogen-bond donors (Lipinski definition) is 0. The maximum Gasteiger partial charge on any atom is 0.107 e. The highest BCUT2D eigenvalue weighted by molar-refractivity contribution is 6.29. The fraction of sp³-hybridized carbons (Fsp3) is 0.818. The van der Waals surface area contributed by atoms with E-state index in [0.29, 0.717) is 0 Å². The van der Waals surface area contributed by atoms with Crippen LogP contribution in [0.3, 0.4) is 0 Å². The van der Waals surface area contributed by atoms with Crippen LogP contribution in [0.2, 0.25) is 0 Å². The maximum atomic E-state index is 6.00. The van der Waals surface area contributed by atoms with Crippen LogP contribution in [0.5, 0.6) is 0 Å². The summed E-state index contributed by atoms with van der Waals surface area (Å²) in [6.07, 6.45) is 7.38. The molecule has 78 valence electrons. The highest BCUT2D eigenvalue weighted by Gasteiger charge is 1.98. The Bertz CT molecular complexity index is 152. The van der Waals surface area contributed by atoms with Crippen LogP contribution in [0, 0.1) is 0 Å². The largest absolute Gasteiger partial charge is 0.500 e. The first-order valence-electron chi connectivity index (χ1n) is 5.11. The molecule has 0 spiro atoms. The standard InChI is InChI=1S/C11H21ClO/c1-4-5-6-7-8-9-11(12)10(2)13-3/h4-9H2,1-3H3/b11-10+. The fourth-order valence-electron chi connectivity index (χ4n) is 1.17. The van der Waals surface area contributed by atoms with Crippen molar-refractivity contribution in [1.29, 1.82) is 0 Å². The highest BCUT2D eigenvalue weighted by atomic mass is 35.5. The molecule has 0 saturated carbocycles. The number of halogens is 1. The van der Waals surface area contributed by atoms with Gasteiger partial charge in [-0.05, 0) is 19.8 Å². The quantitative estimate of drug-likeness (QED) is 0.440. The third-order valence-corrected chi connectivity index (χ3v) is 2.64. The van der Waals surface area contributed by atoms with Crippen LogP contribution in [0.25, 0.3) is 0 Å². The maximum absolute atomic E-state index is 6.00. The molecule has 0 unspecified atom stereocenters. The van der Waals surface area contributed by atoms with Crippen molar-refractivity contribution in [2.75, 3.05) is 7.11 Å². The van der Waals surface area contributed by atoms with Crippen LogP contribution in [0.4, 0.5) is 0 Å². The molecule has 0 aliphatic rings. The lowest BCUT2D eigenvalue weighted by molar-refractivity contribution is 0.290. The molecule has 0 bridgehead atoms. The van der Waals surface area contributed by atoms with Gasteiger partial charge in [-0.3, -0.25) is 0 Å². The predicted molar refractivity (Wildman–Crippen MR) is 58.9 cm³/mol. The normalized spacial score (nSPS) is 12.6. The van der Waals surface area contributed by atoms with E-state index in [4.69, 9.17) is 16.3 Å². The van der Waals surface area contributed by atoms with Crippen molar-refractivity contribution < 1.29 is 4.74 Å². The summed E-state index contributed by atoms with van der Waals surface area (Å²) >= 11 is 6.00. The molecule has 0 saturated heterocycles. The number of allylic oxidation sites excluding steroid dienone is 2. The zero-order valence-corrected chi connectivity index (χ0v) is 9.78. The third kappa shape index (κ3) is 6.94. The molecule has 0 aliphatic heterocycles. The van der Waals surface area contributed by atoms with E-state index in [1.807, 2.05) is 6.92 Å². The van der Waals surface area contributed by atoms with Gasteiger partial charge in [-0.2, -0.15) is 0 Å². The summed E-state index contributed by atoms with van der Waals surface area (Å²) in [5.74, 6) is 0.858. The van der Waals surface area contributed by atoms with Crippen LogP contribution in [0.1, 0.15) is 52.4 Å². The van der Waals surface area contributed by atoms with Gasteiger partial charge in [0.15, 0.2) is 0 Å². The minimum absolute atomic E-state index is 0.858.